The van der Waals surface area contributed by atoms with E-state index in [4.69, 9.17) is 10.5 Å². The first kappa shape index (κ1) is 17.9. The molecule has 23 heavy (non-hydrogen) atoms. The number of nitrogens with two attached hydrogens (primary N) is 1. The second kappa shape index (κ2) is 7.41. The van der Waals surface area contributed by atoms with Gasteiger partial charge in [0.15, 0.2) is 0 Å². The van der Waals surface area contributed by atoms with Gasteiger partial charge < -0.3 is 10.5 Å². The molecule has 1 aromatic rings. The lowest BCUT2D eigenvalue weighted by Gasteiger charge is -2.36. The maximum atomic E-state index is 13.0. The molecule has 4 nitrogen and oxygen atoms in total. The van der Waals surface area contributed by atoms with Gasteiger partial charge in [0.2, 0.25) is 0 Å². The molecule has 2 atom stereocenters. The predicted molar refractivity (Wildman–Crippen MR) is 88.5 cm³/mol. The van der Waals surface area contributed by atoms with Crippen LogP contribution >= 0.6 is 0 Å². The number of benzene rings is 1. The Hall–Kier alpha value is -1.46. The molecule has 0 aromatic heterocycles. The molecule has 128 valence electrons. The van der Waals surface area contributed by atoms with Crippen molar-refractivity contribution in [2.45, 2.75) is 45.3 Å². The molecule has 1 aliphatic rings. The molecule has 2 unspecified atom stereocenters. The zero-order chi connectivity index (χ0) is 17.0. The summed E-state index contributed by atoms with van der Waals surface area (Å²) in [5, 5.41) is 0. The Kier molecular flexibility index (Phi) is 5.76. The highest BCUT2D eigenvalue weighted by Gasteiger charge is 2.28. The number of ether oxygens (including phenoxy) is 1. The largest absolute Gasteiger partial charge is 0.459 e. The minimum Gasteiger partial charge on any atom is -0.459 e. The minimum atomic E-state index is -0.470. The van der Waals surface area contributed by atoms with E-state index in [0.29, 0.717) is 12.5 Å². The van der Waals surface area contributed by atoms with Gasteiger partial charge in [0.25, 0.3) is 0 Å². The Morgan fingerprint density at radius 3 is 2.57 bits per heavy atom. The van der Waals surface area contributed by atoms with Gasteiger partial charge in [-0.1, -0.05) is 12.1 Å². The third kappa shape index (κ3) is 6.28. The van der Waals surface area contributed by atoms with E-state index < -0.39 is 5.60 Å². The number of carbonyl (C=O) groups is 1. The average Bonchev–Trinajstić information content (AvgIpc) is 2.38. The lowest BCUT2D eigenvalue weighted by Crippen LogP contribution is -2.49. The third-order valence-corrected chi connectivity index (χ3v) is 3.86. The van der Waals surface area contributed by atoms with E-state index in [-0.39, 0.29) is 24.4 Å². The van der Waals surface area contributed by atoms with E-state index in [1.807, 2.05) is 32.9 Å². The Labute approximate surface area is 137 Å². The first-order chi connectivity index (χ1) is 10.7. The van der Waals surface area contributed by atoms with Crippen LogP contribution in [0.4, 0.5) is 4.39 Å². The molecular weight excluding hydrogens is 295 g/mol. The van der Waals surface area contributed by atoms with E-state index >= 15 is 0 Å². The molecule has 5 heteroatoms. The number of halogens is 1. The number of rotatable bonds is 4. The summed E-state index contributed by atoms with van der Waals surface area (Å²) in [7, 11) is 0. The van der Waals surface area contributed by atoms with Gasteiger partial charge >= 0.3 is 5.97 Å². The van der Waals surface area contributed by atoms with Crippen molar-refractivity contribution in [3.05, 3.63) is 35.6 Å². The molecule has 2 N–H and O–H groups in total. The van der Waals surface area contributed by atoms with Crippen molar-refractivity contribution in [3.63, 3.8) is 0 Å². The number of likely N-dealkylation sites (tertiary alicyclic amines) is 1. The van der Waals surface area contributed by atoms with Gasteiger partial charge in [-0.25, -0.2) is 4.39 Å². The third-order valence-electron chi connectivity index (χ3n) is 3.86. The van der Waals surface area contributed by atoms with Crippen molar-refractivity contribution in [2.75, 3.05) is 19.6 Å². The molecule has 1 heterocycles. The molecule has 0 aliphatic carbocycles. The van der Waals surface area contributed by atoms with Crippen LogP contribution in [0.15, 0.2) is 24.3 Å². The Balaban J connectivity index is 1.90. The second-order valence-corrected chi connectivity index (χ2v) is 7.47. The first-order valence-electron chi connectivity index (χ1n) is 8.15. The molecular formula is C18H27FN2O2. The van der Waals surface area contributed by atoms with Gasteiger partial charge in [-0.15, -0.1) is 0 Å². The molecule has 2 rings (SSSR count). The predicted octanol–water partition coefficient (Wildman–Crippen LogP) is 2.36. The van der Waals surface area contributed by atoms with Crippen LogP contribution in [0.3, 0.4) is 0 Å². The molecule has 1 fully saturated rings. The molecule has 0 radical (unpaired) electrons. The van der Waals surface area contributed by atoms with Crippen molar-refractivity contribution < 1.29 is 13.9 Å². The monoisotopic (exact) mass is 322 g/mol. The fourth-order valence-electron chi connectivity index (χ4n) is 3.14. The minimum absolute atomic E-state index is 0.0524. The van der Waals surface area contributed by atoms with Gasteiger partial charge in [-0.2, -0.15) is 0 Å². The summed E-state index contributed by atoms with van der Waals surface area (Å²) in [5.74, 6) is -0.0700. The summed E-state index contributed by atoms with van der Waals surface area (Å²) in [4.78, 5) is 14.1. The molecule has 1 aromatic carbocycles. The van der Waals surface area contributed by atoms with E-state index in [2.05, 4.69) is 4.90 Å². The van der Waals surface area contributed by atoms with E-state index in [1.54, 1.807) is 0 Å². The summed E-state index contributed by atoms with van der Waals surface area (Å²) in [6.45, 7) is 7.38. The molecule has 1 aliphatic heterocycles. The van der Waals surface area contributed by atoms with Crippen LogP contribution < -0.4 is 5.73 Å². The summed E-state index contributed by atoms with van der Waals surface area (Å²) in [6, 6.07) is 6.64. The van der Waals surface area contributed by atoms with E-state index in [9.17, 15) is 9.18 Å². The van der Waals surface area contributed by atoms with Gasteiger partial charge in [0.05, 0.1) is 6.54 Å². The average molecular weight is 322 g/mol. The van der Waals surface area contributed by atoms with E-state index in [0.717, 1.165) is 24.9 Å². The van der Waals surface area contributed by atoms with Crippen LogP contribution in [0.25, 0.3) is 0 Å². The Morgan fingerprint density at radius 2 is 1.96 bits per heavy atom. The smallest absolute Gasteiger partial charge is 0.320 e. The van der Waals surface area contributed by atoms with Crippen LogP contribution in [0, 0.1) is 11.7 Å². The quantitative estimate of drug-likeness (QED) is 0.865. The van der Waals surface area contributed by atoms with Crippen LogP contribution in [-0.2, 0) is 16.0 Å². The summed E-state index contributed by atoms with van der Waals surface area (Å²) < 4.78 is 18.4. The lowest BCUT2D eigenvalue weighted by atomic mass is 9.89. The van der Waals surface area contributed by atoms with Gasteiger partial charge in [-0.3, -0.25) is 9.69 Å². The lowest BCUT2D eigenvalue weighted by molar-refractivity contribution is -0.156. The molecule has 0 amide bonds. The first-order valence-corrected chi connectivity index (χ1v) is 8.15. The van der Waals surface area contributed by atoms with Crippen molar-refractivity contribution in [2.24, 2.45) is 11.7 Å². The Bertz CT molecular complexity index is 525. The maximum Gasteiger partial charge on any atom is 0.320 e. The molecule has 0 saturated carbocycles. The van der Waals surface area contributed by atoms with Gasteiger partial charge in [0.1, 0.15) is 11.4 Å². The topological polar surface area (TPSA) is 55.6 Å². The summed E-state index contributed by atoms with van der Waals surface area (Å²) >= 11 is 0. The number of hydrogen-bond donors (Lipinski definition) is 1. The molecule has 0 bridgehead atoms. The van der Waals surface area contributed by atoms with Crippen LogP contribution in [-0.4, -0.2) is 42.1 Å². The van der Waals surface area contributed by atoms with Crippen molar-refractivity contribution in [1.29, 1.82) is 0 Å². The van der Waals surface area contributed by atoms with E-state index in [1.165, 1.54) is 12.1 Å². The molecule has 1 saturated heterocycles. The second-order valence-electron chi connectivity index (χ2n) is 7.47. The molecule has 0 spiro atoms. The number of carbonyl (C=O) groups excluding carboxylic acids is 1. The van der Waals surface area contributed by atoms with Crippen LogP contribution in [0.1, 0.15) is 32.8 Å². The number of nitrogens with zero attached hydrogens (tertiary/aromatic N) is 1. The van der Waals surface area contributed by atoms with Crippen molar-refractivity contribution in [1.82, 2.24) is 4.90 Å². The maximum absolute atomic E-state index is 13.0. The van der Waals surface area contributed by atoms with Gasteiger partial charge in [0, 0.05) is 19.1 Å². The fraction of sp³-hybridized carbons (Fsp3) is 0.611. The normalized spacial score (nSPS) is 22.8. The highest BCUT2D eigenvalue weighted by atomic mass is 19.1. The number of piperidine rings is 1. The highest BCUT2D eigenvalue weighted by molar-refractivity contribution is 5.72. The zero-order valence-electron chi connectivity index (χ0n) is 14.2. The number of esters is 1. The van der Waals surface area contributed by atoms with Crippen molar-refractivity contribution >= 4 is 5.97 Å². The highest BCUT2D eigenvalue weighted by Crippen LogP contribution is 2.21. The standard InChI is InChI=1S/C18H27FN2O2/c1-18(2,3)23-17(22)12-21-10-14(9-16(20)11-21)8-13-4-6-15(19)7-5-13/h4-7,14,16H,8-12,20H2,1-3H3. The van der Waals surface area contributed by atoms with Crippen LogP contribution in [0.2, 0.25) is 0 Å². The zero-order valence-corrected chi connectivity index (χ0v) is 14.2. The summed E-state index contributed by atoms with van der Waals surface area (Å²) in [6.07, 6.45) is 1.76. The Morgan fingerprint density at radius 1 is 1.30 bits per heavy atom. The SMILES string of the molecule is CC(C)(C)OC(=O)CN1CC(N)CC(Cc2ccc(F)cc2)C1. The summed E-state index contributed by atoms with van der Waals surface area (Å²) in [5.41, 5.74) is 6.77. The van der Waals surface area contributed by atoms with Gasteiger partial charge in [-0.05, 0) is 57.2 Å². The van der Waals surface area contributed by atoms with Crippen molar-refractivity contribution in [3.8, 4) is 0 Å². The fourth-order valence-corrected chi connectivity index (χ4v) is 3.14. The van der Waals surface area contributed by atoms with Crippen LogP contribution in [0.5, 0.6) is 0 Å². The number of hydrogen-bond acceptors (Lipinski definition) is 4.